The first-order valence-electron chi connectivity index (χ1n) is 5.99. The molecule has 2 heteroatoms. The average molecular weight is 196 g/mol. The van der Waals surface area contributed by atoms with Gasteiger partial charge in [-0.3, -0.25) is 4.79 Å². The standard InChI is InChI=1S/C12H20O2/c1-2-12(13)14-11-7-6-9-4-3-5-10(9)8-11/h9-11H,2-8H2,1H3. The fraction of sp³-hybridized carbons (Fsp3) is 0.917. The fourth-order valence-electron chi connectivity index (χ4n) is 3.04. The first-order valence-corrected chi connectivity index (χ1v) is 5.99. The highest BCUT2D eigenvalue weighted by Crippen LogP contribution is 2.42. The lowest BCUT2D eigenvalue weighted by atomic mass is 9.80. The van der Waals surface area contributed by atoms with E-state index in [0.717, 1.165) is 24.7 Å². The lowest BCUT2D eigenvalue weighted by molar-refractivity contribution is -0.151. The molecule has 3 atom stereocenters. The van der Waals surface area contributed by atoms with Crippen LogP contribution in [-0.4, -0.2) is 12.1 Å². The van der Waals surface area contributed by atoms with Gasteiger partial charge in [-0.05, 0) is 31.1 Å². The first-order chi connectivity index (χ1) is 6.79. The van der Waals surface area contributed by atoms with Gasteiger partial charge in [-0.15, -0.1) is 0 Å². The largest absolute Gasteiger partial charge is 0.462 e. The van der Waals surface area contributed by atoms with Gasteiger partial charge in [0.15, 0.2) is 0 Å². The van der Waals surface area contributed by atoms with E-state index in [4.69, 9.17) is 4.74 Å². The number of ether oxygens (including phenoxy) is 1. The quantitative estimate of drug-likeness (QED) is 0.635. The molecule has 0 bridgehead atoms. The second kappa shape index (κ2) is 4.33. The summed E-state index contributed by atoms with van der Waals surface area (Å²) in [5.41, 5.74) is 0. The van der Waals surface area contributed by atoms with Crippen molar-refractivity contribution in [1.29, 1.82) is 0 Å². The highest BCUT2D eigenvalue weighted by molar-refractivity contribution is 5.69. The third-order valence-corrected chi connectivity index (χ3v) is 3.83. The van der Waals surface area contributed by atoms with Gasteiger partial charge in [0.2, 0.25) is 0 Å². The van der Waals surface area contributed by atoms with Gasteiger partial charge in [0.05, 0.1) is 0 Å². The lowest BCUT2D eigenvalue weighted by Crippen LogP contribution is -2.28. The van der Waals surface area contributed by atoms with Gasteiger partial charge >= 0.3 is 5.97 Å². The molecule has 2 saturated carbocycles. The second-order valence-corrected chi connectivity index (χ2v) is 4.73. The van der Waals surface area contributed by atoms with Crippen molar-refractivity contribution >= 4 is 5.97 Å². The minimum atomic E-state index is -0.0218. The van der Waals surface area contributed by atoms with Crippen LogP contribution in [0.4, 0.5) is 0 Å². The molecule has 3 unspecified atom stereocenters. The average Bonchev–Trinajstić information content (AvgIpc) is 2.64. The van der Waals surface area contributed by atoms with Gasteiger partial charge in [-0.25, -0.2) is 0 Å². The van der Waals surface area contributed by atoms with E-state index in [9.17, 15) is 4.79 Å². The monoisotopic (exact) mass is 196 g/mol. The van der Waals surface area contributed by atoms with Gasteiger partial charge in [-0.2, -0.15) is 0 Å². The third kappa shape index (κ3) is 2.10. The molecule has 0 saturated heterocycles. The van der Waals surface area contributed by atoms with Gasteiger partial charge in [0, 0.05) is 6.42 Å². The van der Waals surface area contributed by atoms with Crippen molar-refractivity contribution in [2.24, 2.45) is 11.8 Å². The van der Waals surface area contributed by atoms with Gasteiger partial charge in [0.1, 0.15) is 6.10 Å². The zero-order chi connectivity index (χ0) is 9.97. The lowest BCUT2D eigenvalue weighted by Gasteiger charge is -2.31. The Kier molecular flexibility index (Phi) is 3.09. The van der Waals surface area contributed by atoms with Gasteiger partial charge in [-0.1, -0.05) is 26.2 Å². The zero-order valence-corrected chi connectivity index (χ0v) is 9.00. The molecule has 2 aliphatic carbocycles. The van der Waals surface area contributed by atoms with Crippen molar-refractivity contribution in [2.75, 3.05) is 0 Å². The van der Waals surface area contributed by atoms with Crippen molar-refractivity contribution in [1.82, 2.24) is 0 Å². The summed E-state index contributed by atoms with van der Waals surface area (Å²) in [5.74, 6) is 1.79. The second-order valence-electron chi connectivity index (χ2n) is 4.73. The molecule has 2 rings (SSSR count). The first kappa shape index (κ1) is 10.0. The predicted molar refractivity (Wildman–Crippen MR) is 54.9 cm³/mol. The Morgan fingerprint density at radius 1 is 1.21 bits per heavy atom. The molecule has 0 aromatic heterocycles. The summed E-state index contributed by atoms with van der Waals surface area (Å²) < 4.78 is 5.41. The van der Waals surface area contributed by atoms with E-state index in [1.165, 1.54) is 25.7 Å². The van der Waals surface area contributed by atoms with Gasteiger partial charge in [0.25, 0.3) is 0 Å². The van der Waals surface area contributed by atoms with Crippen LogP contribution in [0, 0.1) is 11.8 Å². The smallest absolute Gasteiger partial charge is 0.305 e. The Balaban J connectivity index is 1.82. The summed E-state index contributed by atoms with van der Waals surface area (Å²) in [6.07, 6.45) is 8.45. The minimum Gasteiger partial charge on any atom is -0.462 e. The summed E-state index contributed by atoms with van der Waals surface area (Å²) in [7, 11) is 0. The summed E-state index contributed by atoms with van der Waals surface area (Å²) in [4.78, 5) is 11.1. The molecule has 0 aromatic carbocycles. The van der Waals surface area contributed by atoms with E-state index in [2.05, 4.69) is 0 Å². The maximum Gasteiger partial charge on any atom is 0.305 e. The zero-order valence-electron chi connectivity index (χ0n) is 9.00. The van der Waals surface area contributed by atoms with Crippen LogP contribution >= 0.6 is 0 Å². The van der Waals surface area contributed by atoms with E-state index in [0.29, 0.717) is 6.42 Å². The van der Waals surface area contributed by atoms with E-state index < -0.39 is 0 Å². The van der Waals surface area contributed by atoms with Crippen LogP contribution in [0.5, 0.6) is 0 Å². The molecule has 0 heterocycles. The van der Waals surface area contributed by atoms with Crippen molar-refractivity contribution in [3.63, 3.8) is 0 Å². The van der Waals surface area contributed by atoms with Crippen LogP contribution in [-0.2, 0) is 9.53 Å². The van der Waals surface area contributed by atoms with Crippen molar-refractivity contribution in [3.05, 3.63) is 0 Å². The highest BCUT2D eigenvalue weighted by atomic mass is 16.5. The number of carbonyl (C=O) groups excluding carboxylic acids is 1. The van der Waals surface area contributed by atoms with Crippen LogP contribution in [0.2, 0.25) is 0 Å². The van der Waals surface area contributed by atoms with E-state index in [1.807, 2.05) is 6.92 Å². The molecule has 2 aliphatic rings. The Morgan fingerprint density at radius 2 is 2.00 bits per heavy atom. The number of fused-ring (bicyclic) bond motifs is 1. The SMILES string of the molecule is CCC(=O)OC1CCC2CCCC2C1. The molecule has 2 fully saturated rings. The van der Waals surface area contributed by atoms with Crippen molar-refractivity contribution in [2.45, 2.75) is 58.0 Å². The molecule has 0 aliphatic heterocycles. The van der Waals surface area contributed by atoms with Crippen molar-refractivity contribution in [3.8, 4) is 0 Å². The summed E-state index contributed by atoms with van der Waals surface area (Å²) in [5, 5.41) is 0. The third-order valence-electron chi connectivity index (χ3n) is 3.83. The molecule has 0 amide bonds. The van der Waals surface area contributed by atoms with E-state index in [-0.39, 0.29) is 12.1 Å². The summed E-state index contributed by atoms with van der Waals surface area (Å²) in [6.45, 7) is 1.86. The van der Waals surface area contributed by atoms with Crippen LogP contribution in [0.3, 0.4) is 0 Å². The normalized spacial score (nSPS) is 36.5. The van der Waals surface area contributed by atoms with Crippen LogP contribution < -0.4 is 0 Å². The Labute approximate surface area is 86.0 Å². The number of hydrogen-bond acceptors (Lipinski definition) is 2. The van der Waals surface area contributed by atoms with Crippen LogP contribution in [0.15, 0.2) is 0 Å². The van der Waals surface area contributed by atoms with Crippen LogP contribution in [0.1, 0.15) is 51.9 Å². The molecule has 14 heavy (non-hydrogen) atoms. The number of carbonyl (C=O) groups is 1. The fourth-order valence-corrected chi connectivity index (χ4v) is 3.04. The molecular formula is C12H20O2. The molecule has 0 aromatic rings. The van der Waals surface area contributed by atoms with E-state index >= 15 is 0 Å². The minimum absolute atomic E-state index is 0.0218. The number of hydrogen-bond donors (Lipinski definition) is 0. The number of esters is 1. The summed E-state index contributed by atoms with van der Waals surface area (Å²) in [6, 6.07) is 0. The number of rotatable bonds is 2. The highest BCUT2D eigenvalue weighted by Gasteiger charge is 2.34. The summed E-state index contributed by atoms with van der Waals surface area (Å²) >= 11 is 0. The Bertz CT molecular complexity index is 212. The van der Waals surface area contributed by atoms with Crippen molar-refractivity contribution < 1.29 is 9.53 Å². The Hall–Kier alpha value is -0.530. The molecule has 0 spiro atoms. The topological polar surface area (TPSA) is 26.3 Å². The molecule has 0 N–H and O–H groups in total. The van der Waals surface area contributed by atoms with Gasteiger partial charge < -0.3 is 4.74 Å². The molecule has 80 valence electrons. The maximum atomic E-state index is 11.1. The maximum absolute atomic E-state index is 11.1. The van der Waals surface area contributed by atoms with Crippen LogP contribution in [0.25, 0.3) is 0 Å². The Morgan fingerprint density at radius 3 is 2.79 bits per heavy atom. The van der Waals surface area contributed by atoms with E-state index in [1.54, 1.807) is 0 Å². The molecular weight excluding hydrogens is 176 g/mol. The molecule has 2 nitrogen and oxygen atoms in total. The predicted octanol–water partition coefficient (Wildman–Crippen LogP) is 2.91. The molecule has 0 radical (unpaired) electrons.